The summed E-state index contributed by atoms with van der Waals surface area (Å²) in [5.41, 5.74) is -0.680. The van der Waals surface area contributed by atoms with Gasteiger partial charge in [-0.25, -0.2) is 13.6 Å². The van der Waals surface area contributed by atoms with Gasteiger partial charge < -0.3 is 4.74 Å². The van der Waals surface area contributed by atoms with Crippen molar-refractivity contribution in [2.45, 2.75) is 0 Å². The molecule has 0 fully saturated rings. The molecule has 0 radical (unpaired) electrons. The first-order valence-corrected chi connectivity index (χ1v) is 6.75. The molecule has 0 N–H and O–H groups in total. The summed E-state index contributed by atoms with van der Waals surface area (Å²) in [6, 6.07) is 7.07. The highest BCUT2D eigenvalue weighted by Gasteiger charge is 2.20. The highest BCUT2D eigenvalue weighted by molar-refractivity contribution is 6.42. The van der Waals surface area contributed by atoms with Gasteiger partial charge >= 0.3 is 5.97 Å². The van der Waals surface area contributed by atoms with Gasteiger partial charge in [-0.1, -0.05) is 29.3 Å². The van der Waals surface area contributed by atoms with Crippen LogP contribution in [0.1, 0.15) is 20.7 Å². The van der Waals surface area contributed by atoms with E-state index in [0.29, 0.717) is 0 Å². The minimum atomic E-state index is -1.26. The molecule has 2 aromatic rings. The summed E-state index contributed by atoms with van der Waals surface area (Å²) < 4.78 is 31.4. The molecule has 0 amide bonds. The second-order valence-electron chi connectivity index (χ2n) is 4.22. The number of ketones is 1. The zero-order chi connectivity index (χ0) is 16.3. The summed E-state index contributed by atoms with van der Waals surface area (Å²) >= 11 is 11.5. The lowest BCUT2D eigenvalue weighted by Crippen LogP contribution is -2.16. The fourth-order valence-corrected chi connectivity index (χ4v) is 1.95. The monoisotopic (exact) mass is 344 g/mol. The van der Waals surface area contributed by atoms with Crippen molar-refractivity contribution < 1.29 is 23.1 Å². The molecule has 0 aliphatic carbocycles. The van der Waals surface area contributed by atoms with Crippen LogP contribution in [0.3, 0.4) is 0 Å². The molecule has 22 heavy (non-hydrogen) atoms. The van der Waals surface area contributed by atoms with E-state index in [1.165, 1.54) is 18.2 Å². The van der Waals surface area contributed by atoms with Gasteiger partial charge in [0.25, 0.3) is 0 Å². The Morgan fingerprint density at radius 1 is 1.00 bits per heavy atom. The molecule has 0 aliphatic heterocycles. The zero-order valence-corrected chi connectivity index (χ0v) is 12.4. The predicted molar refractivity (Wildman–Crippen MR) is 77.4 cm³/mol. The van der Waals surface area contributed by atoms with Crippen LogP contribution in [0.4, 0.5) is 8.78 Å². The average Bonchev–Trinajstić information content (AvgIpc) is 2.47. The van der Waals surface area contributed by atoms with Crippen LogP contribution in [-0.2, 0) is 4.74 Å². The Hall–Kier alpha value is -1.98. The third-order valence-corrected chi connectivity index (χ3v) is 3.48. The summed E-state index contributed by atoms with van der Waals surface area (Å²) in [5.74, 6) is -3.97. The van der Waals surface area contributed by atoms with Gasteiger partial charge in [0, 0.05) is 5.56 Å². The Bertz CT molecular complexity index is 727. The van der Waals surface area contributed by atoms with E-state index in [2.05, 4.69) is 4.74 Å². The van der Waals surface area contributed by atoms with E-state index in [4.69, 9.17) is 23.2 Å². The maximum atomic E-state index is 13.4. The summed E-state index contributed by atoms with van der Waals surface area (Å²) in [5, 5.41) is 0.433. The number of esters is 1. The number of Topliss-reactive ketones (excluding diaryl/α,β-unsaturated/α-hetero) is 1. The van der Waals surface area contributed by atoms with E-state index in [0.717, 1.165) is 18.2 Å². The smallest absolute Gasteiger partial charge is 0.344 e. The van der Waals surface area contributed by atoms with Gasteiger partial charge in [0.1, 0.15) is 17.2 Å². The molecule has 0 bridgehead atoms. The molecular formula is C15H8Cl2F2O3. The molecular weight excluding hydrogens is 337 g/mol. The lowest BCUT2D eigenvalue weighted by Gasteiger charge is -2.06. The van der Waals surface area contributed by atoms with Gasteiger partial charge in [-0.15, -0.1) is 0 Å². The van der Waals surface area contributed by atoms with Gasteiger partial charge in [0.05, 0.1) is 10.0 Å². The van der Waals surface area contributed by atoms with Crippen LogP contribution in [0.5, 0.6) is 0 Å². The minimum Gasteiger partial charge on any atom is -0.454 e. The molecule has 0 heterocycles. The Morgan fingerprint density at radius 3 is 2.23 bits per heavy atom. The van der Waals surface area contributed by atoms with Crippen LogP contribution in [0.25, 0.3) is 0 Å². The number of halogens is 4. The molecule has 0 atom stereocenters. The normalized spacial score (nSPS) is 10.4. The summed E-state index contributed by atoms with van der Waals surface area (Å²) in [6.45, 7) is -0.676. The van der Waals surface area contributed by atoms with Gasteiger partial charge in [-0.2, -0.15) is 0 Å². The summed E-state index contributed by atoms with van der Waals surface area (Å²) in [6.07, 6.45) is 0. The zero-order valence-electron chi connectivity index (χ0n) is 10.9. The van der Waals surface area contributed by atoms with Crippen LogP contribution in [0, 0.1) is 11.6 Å². The quantitative estimate of drug-likeness (QED) is 0.613. The van der Waals surface area contributed by atoms with E-state index in [9.17, 15) is 18.4 Å². The van der Waals surface area contributed by atoms with Crippen LogP contribution in [-0.4, -0.2) is 18.4 Å². The third kappa shape index (κ3) is 3.61. The first-order chi connectivity index (χ1) is 10.4. The summed E-state index contributed by atoms with van der Waals surface area (Å²) in [7, 11) is 0. The molecule has 0 aromatic heterocycles. The molecule has 3 nitrogen and oxygen atoms in total. The number of ether oxygens (including phenoxy) is 1. The van der Waals surface area contributed by atoms with Crippen molar-refractivity contribution in [2.24, 2.45) is 0 Å². The fourth-order valence-electron chi connectivity index (χ4n) is 1.65. The van der Waals surface area contributed by atoms with E-state index in [1.807, 2.05) is 0 Å². The molecule has 2 aromatic carbocycles. The van der Waals surface area contributed by atoms with E-state index in [-0.39, 0.29) is 15.6 Å². The number of rotatable bonds is 4. The van der Waals surface area contributed by atoms with E-state index < -0.39 is 35.6 Å². The maximum absolute atomic E-state index is 13.4. The Labute approximate surface area is 134 Å². The molecule has 0 saturated carbocycles. The first-order valence-electron chi connectivity index (χ1n) is 5.99. The van der Waals surface area contributed by atoms with Crippen LogP contribution < -0.4 is 0 Å². The number of carbonyl (C=O) groups excluding carboxylic acids is 2. The molecule has 0 aliphatic rings. The average molecular weight is 345 g/mol. The lowest BCUT2D eigenvalue weighted by atomic mass is 10.1. The van der Waals surface area contributed by atoms with Crippen molar-refractivity contribution in [2.75, 3.05) is 6.61 Å². The largest absolute Gasteiger partial charge is 0.454 e. The lowest BCUT2D eigenvalue weighted by molar-refractivity contribution is 0.0465. The third-order valence-electron chi connectivity index (χ3n) is 2.74. The Morgan fingerprint density at radius 2 is 1.64 bits per heavy atom. The van der Waals surface area contributed by atoms with Gasteiger partial charge in [-0.3, -0.25) is 4.79 Å². The number of benzene rings is 2. The minimum absolute atomic E-state index is 0.163. The molecule has 0 unspecified atom stereocenters. The number of hydrogen-bond acceptors (Lipinski definition) is 3. The predicted octanol–water partition coefficient (Wildman–Crippen LogP) is 4.31. The first kappa shape index (κ1) is 16.4. The highest BCUT2D eigenvalue weighted by Crippen LogP contribution is 2.23. The van der Waals surface area contributed by atoms with Crippen molar-refractivity contribution in [3.63, 3.8) is 0 Å². The number of hydrogen-bond donors (Lipinski definition) is 0. The van der Waals surface area contributed by atoms with Gasteiger partial charge in [0.2, 0.25) is 0 Å². The van der Waals surface area contributed by atoms with Crippen molar-refractivity contribution in [3.05, 3.63) is 69.2 Å². The fraction of sp³-hybridized carbons (Fsp3) is 0.0667. The van der Waals surface area contributed by atoms with Crippen molar-refractivity contribution in [3.8, 4) is 0 Å². The standard InChI is InChI=1S/C15H8Cl2F2O3/c16-9-5-4-8(6-10(9)17)13(20)7-22-15(21)14-11(18)2-1-3-12(14)19/h1-6H,7H2. The van der Waals surface area contributed by atoms with E-state index in [1.54, 1.807) is 0 Å². The topological polar surface area (TPSA) is 43.4 Å². The number of carbonyl (C=O) groups is 2. The van der Waals surface area contributed by atoms with Crippen molar-refractivity contribution in [1.29, 1.82) is 0 Å². The van der Waals surface area contributed by atoms with E-state index >= 15 is 0 Å². The molecule has 0 saturated heterocycles. The van der Waals surface area contributed by atoms with Gasteiger partial charge in [0.15, 0.2) is 12.4 Å². The Kier molecular flexibility index (Phi) is 5.11. The van der Waals surface area contributed by atoms with Crippen molar-refractivity contribution in [1.82, 2.24) is 0 Å². The van der Waals surface area contributed by atoms with Crippen LogP contribution in [0.15, 0.2) is 36.4 Å². The Balaban J connectivity index is 2.07. The molecule has 114 valence electrons. The molecule has 2 rings (SSSR count). The second kappa shape index (κ2) is 6.85. The highest BCUT2D eigenvalue weighted by atomic mass is 35.5. The van der Waals surface area contributed by atoms with Crippen LogP contribution >= 0.6 is 23.2 Å². The molecule has 7 heteroatoms. The van der Waals surface area contributed by atoms with Crippen molar-refractivity contribution >= 4 is 35.0 Å². The van der Waals surface area contributed by atoms with Crippen LogP contribution in [0.2, 0.25) is 10.0 Å². The second-order valence-corrected chi connectivity index (χ2v) is 5.04. The summed E-state index contributed by atoms with van der Waals surface area (Å²) in [4.78, 5) is 23.5. The van der Waals surface area contributed by atoms with Gasteiger partial charge in [-0.05, 0) is 30.3 Å². The molecule has 0 spiro atoms. The SMILES string of the molecule is O=C(COC(=O)c1c(F)cccc1F)c1ccc(Cl)c(Cl)c1. The maximum Gasteiger partial charge on any atom is 0.344 e.